The molecule has 0 amide bonds. The molecule has 0 atom stereocenters. The second kappa shape index (κ2) is 9.20. The maximum atomic E-state index is 12.4. The molecule has 0 fully saturated rings. The average molecular weight is 623 g/mol. The van der Waals surface area contributed by atoms with Gasteiger partial charge in [-0.3, -0.25) is 9.67 Å². The number of fused-ring (bicyclic) bond motifs is 6. The van der Waals surface area contributed by atoms with E-state index in [9.17, 15) is 13.2 Å². The molecule has 0 spiro atoms. The van der Waals surface area contributed by atoms with E-state index in [0.29, 0.717) is 0 Å². The van der Waals surface area contributed by atoms with Crippen molar-refractivity contribution < 1.29 is 34.2 Å². The van der Waals surface area contributed by atoms with Gasteiger partial charge in [0.2, 0.25) is 0 Å². The Balaban J connectivity index is 0.000000154. The SMILES string of the molecule is FC(F)(F)c1cc[c-]c(-n2cccn2)c1.[Pt+2].[c-]1cccc2c1c1nccn1c1ccccc21. The topological polar surface area (TPSA) is 35.1 Å². The van der Waals surface area contributed by atoms with Gasteiger partial charge in [0, 0.05) is 30.3 Å². The Hall–Kier alpha value is -3.44. The first-order valence-electron chi connectivity index (χ1n) is 9.75. The van der Waals surface area contributed by atoms with Gasteiger partial charge in [-0.05, 0) is 23.2 Å². The van der Waals surface area contributed by atoms with E-state index in [2.05, 4.69) is 56.9 Å². The van der Waals surface area contributed by atoms with E-state index < -0.39 is 11.7 Å². The zero-order chi connectivity index (χ0) is 22.1. The van der Waals surface area contributed by atoms with Crippen molar-refractivity contribution in [3.63, 3.8) is 0 Å². The van der Waals surface area contributed by atoms with E-state index in [-0.39, 0.29) is 26.8 Å². The molecule has 3 heterocycles. The van der Waals surface area contributed by atoms with E-state index in [1.165, 1.54) is 33.2 Å². The van der Waals surface area contributed by atoms with Crippen LogP contribution in [-0.4, -0.2) is 19.2 Å². The van der Waals surface area contributed by atoms with Crippen LogP contribution < -0.4 is 0 Å². The third kappa shape index (κ3) is 4.41. The van der Waals surface area contributed by atoms with Crippen LogP contribution in [0.15, 0.2) is 91.5 Å². The quantitative estimate of drug-likeness (QED) is 0.163. The number of benzene rings is 3. The Labute approximate surface area is 201 Å². The number of nitrogens with zero attached hydrogens (tertiary/aromatic N) is 4. The van der Waals surface area contributed by atoms with Crippen LogP contribution in [0.5, 0.6) is 0 Å². The van der Waals surface area contributed by atoms with Crippen molar-refractivity contribution in [2.45, 2.75) is 6.18 Å². The molecule has 0 N–H and O–H groups in total. The van der Waals surface area contributed by atoms with Crippen LogP contribution >= 0.6 is 0 Å². The van der Waals surface area contributed by atoms with Gasteiger partial charge in [-0.2, -0.15) is 36.5 Å². The number of pyridine rings is 1. The zero-order valence-electron chi connectivity index (χ0n) is 16.9. The summed E-state index contributed by atoms with van der Waals surface area (Å²) in [5, 5.41) is 7.36. The number of halogens is 3. The summed E-state index contributed by atoms with van der Waals surface area (Å²) in [6.07, 6.45) is 2.55. The van der Waals surface area contributed by atoms with Crippen LogP contribution in [0.2, 0.25) is 0 Å². The minimum atomic E-state index is -4.34. The predicted molar refractivity (Wildman–Crippen MR) is 116 cm³/mol. The van der Waals surface area contributed by atoms with Crippen LogP contribution in [0.1, 0.15) is 5.56 Å². The fraction of sp³-hybridized carbons (Fsp3) is 0.0400. The summed E-state index contributed by atoms with van der Waals surface area (Å²) in [5.74, 6) is 0. The van der Waals surface area contributed by atoms with Crippen molar-refractivity contribution in [1.29, 1.82) is 0 Å². The number of para-hydroxylation sites is 1. The Morgan fingerprint density at radius 3 is 2.42 bits per heavy atom. The van der Waals surface area contributed by atoms with Gasteiger partial charge in [0.15, 0.2) is 0 Å². The molecule has 0 saturated carbocycles. The van der Waals surface area contributed by atoms with E-state index in [1.54, 1.807) is 12.3 Å². The van der Waals surface area contributed by atoms with Crippen LogP contribution in [-0.2, 0) is 27.2 Å². The van der Waals surface area contributed by atoms with Gasteiger partial charge in [-0.1, -0.05) is 29.1 Å². The molecule has 8 heteroatoms. The largest absolute Gasteiger partial charge is 2.00 e. The first-order valence-corrected chi connectivity index (χ1v) is 9.75. The van der Waals surface area contributed by atoms with E-state index in [1.807, 2.05) is 24.5 Å². The molecule has 0 saturated heterocycles. The van der Waals surface area contributed by atoms with Crippen molar-refractivity contribution in [1.82, 2.24) is 19.2 Å². The normalized spacial score (nSPS) is 11.2. The van der Waals surface area contributed by atoms with Gasteiger partial charge in [-0.25, -0.2) is 0 Å². The van der Waals surface area contributed by atoms with Crippen LogP contribution in [0.25, 0.3) is 33.0 Å². The molecule has 0 bridgehead atoms. The van der Waals surface area contributed by atoms with Crippen molar-refractivity contribution in [2.75, 3.05) is 0 Å². The molecule has 6 aromatic rings. The number of hydrogen-bond acceptors (Lipinski definition) is 2. The maximum absolute atomic E-state index is 12.4. The smallest absolute Gasteiger partial charge is 0.340 e. The summed E-state index contributed by atoms with van der Waals surface area (Å²) in [4.78, 5) is 4.43. The van der Waals surface area contributed by atoms with E-state index in [0.717, 1.165) is 23.2 Å². The molecule has 6 rings (SSSR count). The first kappa shape index (κ1) is 22.7. The van der Waals surface area contributed by atoms with Gasteiger partial charge < -0.3 is 4.40 Å². The fourth-order valence-electron chi connectivity index (χ4n) is 3.61. The number of alkyl halides is 3. The summed E-state index contributed by atoms with van der Waals surface area (Å²) in [7, 11) is 0. The Morgan fingerprint density at radius 1 is 0.818 bits per heavy atom. The van der Waals surface area contributed by atoms with Gasteiger partial charge >= 0.3 is 27.2 Å². The molecule has 3 aromatic heterocycles. The summed E-state index contributed by atoms with van der Waals surface area (Å²) in [6.45, 7) is 0. The molecule has 166 valence electrons. The van der Waals surface area contributed by atoms with E-state index in [4.69, 9.17) is 0 Å². The maximum Gasteiger partial charge on any atom is 2.00 e. The van der Waals surface area contributed by atoms with Crippen molar-refractivity contribution in [2.24, 2.45) is 0 Å². The van der Waals surface area contributed by atoms with Crippen LogP contribution in [0.4, 0.5) is 13.2 Å². The van der Waals surface area contributed by atoms with Crippen molar-refractivity contribution in [3.05, 3.63) is 109 Å². The van der Waals surface area contributed by atoms with Crippen LogP contribution in [0, 0.1) is 12.1 Å². The second-order valence-corrected chi connectivity index (χ2v) is 7.01. The molecule has 0 aliphatic carbocycles. The van der Waals surface area contributed by atoms with Crippen molar-refractivity contribution >= 4 is 27.3 Å². The Kier molecular flexibility index (Phi) is 6.34. The molecule has 33 heavy (non-hydrogen) atoms. The molecular weight excluding hydrogens is 608 g/mol. The summed E-state index contributed by atoms with van der Waals surface area (Å²) in [6, 6.07) is 25.3. The molecule has 3 aromatic carbocycles. The second-order valence-electron chi connectivity index (χ2n) is 7.01. The molecule has 0 aliphatic rings. The average Bonchev–Trinajstić information content (AvgIpc) is 3.52. The Bertz CT molecular complexity index is 1450. The van der Waals surface area contributed by atoms with Gasteiger partial charge in [0.05, 0.1) is 5.65 Å². The molecule has 0 unspecified atom stereocenters. The molecule has 0 aliphatic heterocycles. The summed E-state index contributed by atoms with van der Waals surface area (Å²) in [5.41, 5.74) is 1.73. The van der Waals surface area contributed by atoms with Gasteiger partial charge in [-0.15, -0.1) is 35.7 Å². The monoisotopic (exact) mass is 623 g/mol. The van der Waals surface area contributed by atoms with Crippen molar-refractivity contribution in [3.8, 4) is 5.69 Å². The minimum Gasteiger partial charge on any atom is -0.340 e. The predicted octanol–water partition coefficient (Wildman–Crippen LogP) is 6.13. The first-order chi connectivity index (χ1) is 15.5. The fourth-order valence-corrected chi connectivity index (χ4v) is 3.61. The zero-order valence-corrected chi connectivity index (χ0v) is 19.2. The Morgan fingerprint density at radius 2 is 1.64 bits per heavy atom. The molecular formula is C25H15F3N4Pt. The summed E-state index contributed by atoms with van der Waals surface area (Å²) < 4.78 is 40.5. The van der Waals surface area contributed by atoms with Gasteiger partial charge in [0.25, 0.3) is 0 Å². The number of imidazole rings is 1. The third-order valence-electron chi connectivity index (χ3n) is 5.04. The number of hydrogen-bond donors (Lipinski definition) is 0. The van der Waals surface area contributed by atoms with Crippen LogP contribution in [0.3, 0.4) is 0 Å². The van der Waals surface area contributed by atoms with E-state index >= 15 is 0 Å². The molecule has 0 radical (unpaired) electrons. The number of rotatable bonds is 1. The molecule has 4 nitrogen and oxygen atoms in total. The van der Waals surface area contributed by atoms with Gasteiger partial charge in [0.1, 0.15) is 0 Å². The third-order valence-corrected chi connectivity index (χ3v) is 5.04. The minimum absolute atomic E-state index is 0. The number of aromatic nitrogens is 4. The standard InChI is InChI=1S/C15H9N2.C10H6F3N2.Pt/c1-2-7-13-11(5-1)12-6-3-4-8-14(12)17-10-9-16-15(13)17;11-10(12,13)8-3-1-4-9(7-8)15-6-2-5-14-15;/h1-6,8-10H;1-3,5-7H;/q2*-1;+2. The summed E-state index contributed by atoms with van der Waals surface area (Å²) >= 11 is 0.